The van der Waals surface area contributed by atoms with E-state index >= 15 is 0 Å². The molecule has 0 aliphatic carbocycles. The molecular formula is C9H16N2O4. The standard InChI is InChI=1S/C9H16N2O4/c1-3-4-5-10-7(12)6-8(13)11(2)15-9(6)14/h6,8,13H,3-5H2,1-2H3,(H,10,12). The van der Waals surface area contributed by atoms with Crippen LogP contribution in [0.15, 0.2) is 0 Å². The average molecular weight is 216 g/mol. The lowest BCUT2D eigenvalue weighted by molar-refractivity contribution is -0.183. The van der Waals surface area contributed by atoms with E-state index < -0.39 is 24.0 Å². The third-order valence-electron chi connectivity index (χ3n) is 2.27. The molecule has 1 heterocycles. The molecule has 2 unspecified atom stereocenters. The highest BCUT2D eigenvalue weighted by molar-refractivity contribution is 5.99. The number of hydroxylamine groups is 2. The molecule has 0 radical (unpaired) electrons. The number of hydrogen-bond acceptors (Lipinski definition) is 5. The normalized spacial score (nSPS) is 26.5. The van der Waals surface area contributed by atoms with Crippen molar-refractivity contribution in [3.8, 4) is 0 Å². The highest BCUT2D eigenvalue weighted by Gasteiger charge is 2.45. The number of carbonyl (C=O) groups excluding carboxylic acids is 2. The van der Waals surface area contributed by atoms with Gasteiger partial charge < -0.3 is 15.3 Å². The summed E-state index contributed by atoms with van der Waals surface area (Å²) in [5.74, 6) is -2.32. The van der Waals surface area contributed by atoms with Crippen LogP contribution in [-0.2, 0) is 14.4 Å². The molecular weight excluding hydrogens is 200 g/mol. The van der Waals surface area contributed by atoms with E-state index in [-0.39, 0.29) is 0 Å². The van der Waals surface area contributed by atoms with Crippen LogP contribution >= 0.6 is 0 Å². The average Bonchev–Trinajstić information content (AvgIpc) is 2.41. The van der Waals surface area contributed by atoms with Crippen LogP contribution in [-0.4, -0.2) is 41.9 Å². The largest absolute Gasteiger partial charge is 0.374 e. The molecule has 0 aromatic heterocycles. The summed E-state index contributed by atoms with van der Waals surface area (Å²) in [5, 5.41) is 13.0. The Morgan fingerprint density at radius 2 is 2.33 bits per heavy atom. The predicted molar refractivity (Wildman–Crippen MR) is 51.3 cm³/mol. The minimum absolute atomic E-state index is 0.481. The number of nitrogens with zero attached hydrogens (tertiary/aromatic N) is 1. The SMILES string of the molecule is CCCCNC(=O)C1C(=O)ON(C)C1O. The first-order valence-corrected chi connectivity index (χ1v) is 4.98. The quantitative estimate of drug-likeness (QED) is 0.477. The zero-order valence-corrected chi connectivity index (χ0v) is 8.90. The van der Waals surface area contributed by atoms with Gasteiger partial charge in [0, 0.05) is 13.6 Å². The molecule has 1 aliphatic rings. The Morgan fingerprint density at radius 1 is 1.67 bits per heavy atom. The van der Waals surface area contributed by atoms with Gasteiger partial charge in [0.05, 0.1) is 0 Å². The summed E-state index contributed by atoms with van der Waals surface area (Å²) in [6.45, 7) is 2.51. The van der Waals surface area contributed by atoms with Crippen molar-refractivity contribution in [3.05, 3.63) is 0 Å². The van der Waals surface area contributed by atoms with Crippen LogP contribution in [0.5, 0.6) is 0 Å². The van der Waals surface area contributed by atoms with Crippen molar-refractivity contribution in [3.63, 3.8) is 0 Å². The van der Waals surface area contributed by atoms with E-state index in [9.17, 15) is 14.7 Å². The Balaban J connectivity index is 2.48. The number of unbranched alkanes of at least 4 members (excludes halogenated alkanes) is 1. The van der Waals surface area contributed by atoms with Crippen LogP contribution in [0, 0.1) is 5.92 Å². The maximum atomic E-state index is 11.5. The molecule has 0 bridgehead atoms. The van der Waals surface area contributed by atoms with Gasteiger partial charge >= 0.3 is 5.97 Å². The highest BCUT2D eigenvalue weighted by Crippen LogP contribution is 2.18. The molecule has 1 amide bonds. The fourth-order valence-electron chi connectivity index (χ4n) is 1.33. The summed E-state index contributed by atoms with van der Waals surface area (Å²) < 4.78 is 0. The summed E-state index contributed by atoms with van der Waals surface area (Å²) in [4.78, 5) is 27.3. The van der Waals surface area contributed by atoms with Crippen LogP contribution < -0.4 is 5.32 Å². The first-order valence-electron chi connectivity index (χ1n) is 4.98. The summed E-state index contributed by atoms with van der Waals surface area (Å²) in [5.41, 5.74) is 0. The zero-order valence-electron chi connectivity index (χ0n) is 8.90. The van der Waals surface area contributed by atoms with Gasteiger partial charge in [0.1, 0.15) is 0 Å². The number of amides is 1. The van der Waals surface area contributed by atoms with Crippen molar-refractivity contribution in [1.82, 2.24) is 10.4 Å². The van der Waals surface area contributed by atoms with Crippen molar-refractivity contribution >= 4 is 11.9 Å². The van der Waals surface area contributed by atoms with E-state index in [0.717, 1.165) is 17.9 Å². The summed E-state index contributed by atoms with van der Waals surface area (Å²) >= 11 is 0. The third kappa shape index (κ3) is 2.66. The fourth-order valence-corrected chi connectivity index (χ4v) is 1.33. The van der Waals surface area contributed by atoms with E-state index in [4.69, 9.17) is 0 Å². The Labute approximate surface area is 88.1 Å². The first kappa shape index (κ1) is 11.9. The Morgan fingerprint density at radius 3 is 2.80 bits per heavy atom. The lowest BCUT2D eigenvalue weighted by Crippen LogP contribution is -2.41. The van der Waals surface area contributed by atoms with E-state index in [1.165, 1.54) is 7.05 Å². The smallest absolute Gasteiger partial charge is 0.341 e. The molecule has 1 aliphatic heterocycles. The fraction of sp³-hybridized carbons (Fsp3) is 0.778. The molecule has 0 saturated carbocycles. The van der Waals surface area contributed by atoms with E-state index in [1.807, 2.05) is 6.92 Å². The van der Waals surface area contributed by atoms with Crippen LogP contribution in [0.4, 0.5) is 0 Å². The zero-order chi connectivity index (χ0) is 11.4. The van der Waals surface area contributed by atoms with Crippen LogP contribution in [0.25, 0.3) is 0 Å². The van der Waals surface area contributed by atoms with Gasteiger partial charge in [-0.05, 0) is 6.42 Å². The minimum atomic E-state index is -1.20. The topological polar surface area (TPSA) is 78.9 Å². The molecule has 2 atom stereocenters. The maximum Gasteiger partial charge on any atom is 0.341 e. The Bertz CT molecular complexity index is 256. The van der Waals surface area contributed by atoms with Gasteiger partial charge in [-0.2, -0.15) is 0 Å². The second-order valence-corrected chi connectivity index (χ2v) is 3.49. The van der Waals surface area contributed by atoms with Crippen molar-refractivity contribution in [2.45, 2.75) is 26.0 Å². The van der Waals surface area contributed by atoms with Crippen molar-refractivity contribution in [2.24, 2.45) is 5.92 Å². The van der Waals surface area contributed by atoms with Gasteiger partial charge in [-0.1, -0.05) is 13.3 Å². The van der Waals surface area contributed by atoms with Gasteiger partial charge in [0.2, 0.25) is 5.91 Å². The monoisotopic (exact) mass is 216 g/mol. The first-order chi connectivity index (χ1) is 7.07. The van der Waals surface area contributed by atoms with Crippen LogP contribution in [0.1, 0.15) is 19.8 Å². The minimum Gasteiger partial charge on any atom is -0.374 e. The Hall–Kier alpha value is -1.14. The molecule has 1 fully saturated rings. The van der Waals surface area contributed by atoms with Gasteiger partial charge in [0.25, 0.3) is 0 Å². The maximum absolute atomic E-state index is 11.5. The number of aliphatic hydroxyl groups is 1. The number of aliphatic hydroxyl groups excluding tert-OH is 1. The summed E-state index contributed by atoms with van der Waals surface area (Å²) in [7, 11) is 1.40. The van der Waals surface area contributed by atoms with Crippen molar-refractivity contribution in [1.29, 1.82) is 0 Å². The molecule has 86 valence electrons. The highest BCUT2D eigenvalue weighted by atomic mass is 16.7. The molecule has 1 rings (SSSR count). The van der Waals surface area contributed by atoms with E-state index in [1.54, 1.807) is 0 Å². The summed E-state index contributed by atoms with van der Waals surface area (Å²) in [6.07, 6.45) is 0.608. The lowest BCUT2D eigenvalue weighted by Gasteiger charge is -2.13. The molecule has 0 aromatic carbocycles. The number of hydrogen-bond donors (Lipinski definition) is 2. The van der Waals surface area contributed by atoms with Crippen molar-refractivity contribution < 1.29 is 19.5 Å². The van der Waals surface area contributed by atoms with Gasteiger partial charge in [-0.3, -0.25) is 4.79 Å². The van der Waals surface area contributed by atoms with Crippen molar-refractivity contribution in [2.75, 3.05) is 13.6 Å². The van der Waals surface area contributed by atoms with Gasteiger partial charge in [-0.25, -0.2) is 4.79 Å². The predicted octanol–water partition coefficient (Wildman–Crippen LogP) is -0.759. The van der Waals surface area contributed by atoms with Crippen LogP contribution in [0.3, 0.4) is 0 Å². The molecule has 0 aromatic rings. The second kappa shape index (κ2) is 5.09. The molecule has 15 heavy (non-hydrogen) atoms. The summed E-state index contributed by atoms with van der Waals surface area (Å²) in [6, 6.07) is 0. The third-order valence-corrected chi connectivity index (χ3v) is 2.27. The lowest BCUT2D eigenvalue weighted by atomic mass is 10.1. The van der Waals surface area contributed by atoms with Gasteiger partial charge in [0.15, 0.2) is 12.1 Å². The van der Waals surface area contributed by atoms with E-state index in [0.29, 0.717) is 6.54 Å². The molecule has 6 heteroatoms. The van der Waals surface area contributed by atoms with Gasteiger partial charge in [-0.15, -0.1) is 5.06 Å². The Kier molecular flexibility index (Phi) is 4.05. The number of carbonyl (C=O) groups is 2. The number of nitrogens with one attached hydrogen (secondary N) is 1. The molecule has 1 saturated heterocycles. The molecule has 6 nitrogen and oxygen atoms in total. The number of rotatable bonds is 4. The van der Waals surface area contributed by atoms with E-state index in [2.05, 4.69) is 10.2 Å². The van der Waals surface area contributed by atoms with Crippen LogP contribution in [0.2, 0.25) is 0 Å². The second-order valence-electron chi connectivity index (χ2n) is 3.49. The molecule has 2 N–H and O–H groups in total. The molecule has 0 spiro atoms.